The maximum atomic E-state index is 6.03. The Balaban J connectivity index is 0.00000176. The van der Waals surface area contributed by atoms with Crippen LogP contribution >= 0.6 is 24.0 Å². The van der Waals surface area contributed by atoms with E-state index < -0.39 is 0 Å². The highest BCUT2D eigenvalue weighted by Crippen LogP contribution is 2.34. The number of halogens is 1. The van der Waals surface area contributed by atoms with Crippen LogP contribution in [-0.2, 0) is 0 Å². The standard InChI is InChI=1S/C17H19N3O.HI/c1-11-7-12(2)9-13(8-11)19-17(18)20-15-10-21-16-6-4-3-5-14(15)16;/h3-9,15H,10H2,1-2H3,(H3,18,19,20);1H. The molecular weight excluding hydrogens is 389 g/mol. The molecule has 5 heteroatoms. The Morgan fingerprint density at radius 1 is 1.18 bits per heavy atom. The van der Waals surface area contributed by atoms with Gasteiger partial charge >= 0.3 is 0 Å². The zero-order valence-electron chi connectivity index (χ0n) is 12.7. The summed E-state index contributed by atoms with van der Waals surface area (Å²) in [6.45, 7) is 4.66. The lowest BCUT2D eigenvalue weighted by Crippen LogP contribution is -2.24. The van der Waals surface area contributed by atoms with E-state index in [1.807, 2.05) is 24.3 Å². The van der Waals surface area contributed by atoms with E-state index in [1.165, 1.54) is 11.1 Å². The van der Waals surface area contributed by atoms with E-state index in [0.29, 0.717) is 12.6 Å². The van der Waals surface area contributed by atoms with Crippen LogP contribution in [0.1, 0.15) is 22.7 Å². The molecule has 0 radical (unpaired) electrons. The molecule has 0 aromatic heterocycles. The highest BCUT2D eigenvalue weighted by atomic mass is 127. The largest absolute Gasteiger partial charge is 0.491 e. The lowest BCUT2D eigenvalue weighted by atomic mass is 10.1. The van der Waals surface area contributed by atoms with E-state index >= 15 is 0 Å². The number of hydrogen-bond donors (Lipinski definition) is 2. The van der Waals surface area contributed by atoms with Gasteiger partial charge < -0.3 is 15.8 Å². The monoisotopic (exact) mass is 409 g/mol. The van der Waals surface area contributed by atoms with Crippen LogP contribution < -0.4 is 15.8 Å². The van der Waals surface area contributed by atoms with Crippen molar-refractivity contribution in [3.8, 4) is 5.75 Å². The quantitative estimate of drug-likeness (QED) is 0.451. The summed E-state index contributed by atoms with van der Waals surface area (Å²) < 4.78 is 5.61. The van der Waals surface area contributed by atoms with Crippen molar-refractivity contribution in [2.24, 2.45) is 10.7 Å². The number of nitrogens with zero attached hydrogens (tertiary/aromatic N) is 1. The summed E-state index contributed by atoms with van der Waals surface area (Å²) in [6.07, 6.45) is 0. The zero-order chi connectivity index (χ0) is 14.8. The van der Waals surface area contributed by atoms with E-state index in [4.69, 9.17) is 10.5 Å². The molecule has 4 nitrogen and oxygen atoms in total. The first-order valence-electron chi connectivity index (χ1n) is 7.02. The fraction of sp³-hybridized carbons (Fsp3) is 0.235. The molecule has 1 aliphatic heterocycles. The van der Waals surface area contributed by atoms with Crippen molar-refractivity contribution >= 4 is 35.6 Å². The Morgan fingerprint density at radius 2 is 1.86 bits per heavy atom. The molecule has 0 saturated heterocycles. The third kappa shape index (κ3) is 3.71. The van der Waals surface area contributed by atoms with Gasteiger partial charge in [-0.15, -0.1) is 24.0 Å². The molecule has 0 spiro atoms. The Labute approximate surface area is 147 Å². The second-order valence-corrected chi connectivity index (χ2v) is 5.38. The average Bonchev–Trinajstić information content (AvgIpc) is 2.81. The first-order chi connectivity index (χ1) is 10.1. The number of benzene rings is 2. The van der Waals surface area contributed by atoms with Gasteiger partial charge in [-0.1, -0.05) is 24.3 Å². The van der Waals surface area contributed by atoms with Gasteiger partial charge in [0.2, 0.25) is 0 Å². The SMILES string of the molecule is Cc1cc(C)cc(NC(N)=NC2COc3ccccc32)c1.I. The van der Waals surface area contributed by atoms with Gasteiger partial charge in [0.15, 0.2) is 5.96 Å². The van der Waals surface area contributed by atoms with Crippen LogP contribution in [0.4, 0.5) is 5.69 Å². The number of aryl methyl sites for hydroxylation is 2. The molecule has 0 fully saturated rings. The summed E-state index contributed by atoms with van der Waals surface area (Å²) in [6, 6.07) is 14.1. The van der Waals surface area contributed by atoms with Gasteiger partial charge in [0.25, 0.3) is 0 Å². The van der Waals surface area contributed by atoms with E-state index in [-0.39, 0.29) is 30.0 Å². The molecule has 0 bridgehead atoms. The van der Waals surface area contributed by atoms with E-state index in [9.17, 15) is 0 Å². The third-order valence-corrected chi connectivity index (χ3v) is 3.46. The zero-order valence-corrected chi connectivity index (χ0v) is 15.0. The van der Waals surface area contributed by atoms with Crippen LogP contribution in [0.2, 0.25) is 0 Å². The van der Waals surface area contributed by atoms with Gasteiger partial charge in [-0.25, -0.2) is 4.99 Å². The Bertz CT molecular complexity index is 680. The summed E-state index contributed by atoms with van der Waals surface area (Å²) in [5, 5.41) is 3.15. The van der Waals surface area contributed by atoms with Crippen molar-refractivity contribution in [1.82, 2.24) is 0 Å². The van der Waals surface area contributed by atoms with Crippen LogP contribution in [0.15, 0.2) is 47.5 Å². The highest BCUT2D eigenvalue weighted by Gasteiger charge is 2.23. The van der Waals surface area contributed by atoms with Crippen molar-refractivity contribution in [2.75, 3.05) is 11.9 Å². The van der Waals surface area contributed by atoms with Crippen LogP contribution in [0.25, 0.3) is 0 Å². The van der Waals surface area contributed by atoms with E-state index in [1.54, 1.807) is 0 Å². The topological polar surface area (TPSA) is 59.6 Å². The predicted molar refractivity (Wildman–Crippen MR) is 101 cm³/mol. The lowest BCUT2D eigenvalue weighted by Gasteiger charge is -2.10. The van der Waals surface area contributed by atoms with Gasteiger partial charge in [-0.2, -0.15) is 0 Å². The predicted octanol–water partition coefficient (Wildman–Crippen LogP) is 3.78. The molecule has 1 atom stereocenters. The van der Waals surface area contributed by atoms with Crippen molar-refractivity contribution < 1.29 is 4.74 Å². The number of nitrogens with one attached hydrogen (secondary N) is 1. The first kappa shape index (κ1) is 16.6. The summed E-state index contributed by atoms with van der Waals surface area (Å²) in [5.74, 6) is 1.30. The minimum Gasteiger partial charge on any atom is -0.491 e. The summed E-state index contributed by atoms with van der Waals surface area (Å²) in [7, 11) is 0. The molecule has 2 aromatic rings. The van der Waals surface area contributed by atoms with Gasteiger partial charge in [0, 0.05) is 11.3 Å². The fourth-order valence-corrected chi connectivity index (χ4v) is 2.65. The van der Waals surface area contributed by atoms with Crippen molar-refractivity contribution in [2.45, 2.75) is 19.9 Å². The number of hydrogen-bond acceptors (Lipinski definition) is 2. The minimum absolute atomic E-state index is 0. The molecular formula is C17H20IN3O. The van der Waals surface area contributed by atoms with E-state index in [0.717, 1.165) is 17.0 Å². The third-order valence-electron chi connectivity index (χ3n) is 3.46. The molecule has 2 aromatic carbocycles. The number of aliphatic imine (C=N–C) groups is 1. The molecule has 0 aliphatic carbocycles. The second-order valence-electron chi connectivity index (χ2n) is 5.38. The molecule has 1 heterocycles. The summed E-state index contributed by atoms with van der Waals surface area (Å²) >= 11 is 0. The maximum absolute atomic E-state index is 6.03. The molecule has 22 heavy (non-hydrogen) atoms. The van der Waals surface area contributed by atoms with E-state index in [2.05, 4.69) is 42.4 Å². The number of fused-ring (bicyclic) bond motifs is 1. The van der Waals surface area contributed by atoms with Gasteiger partial charge in [-0.3, -0.25) is 0 Å². The van der Waals surface area contributed by atoms with Gasteiger partial charge in [-0.05, 0) is 43.2 Å². The normalized spacial score (nSPS) is 16.5. The first-order valence-corrected chi connectivity index (χ1v) is 7.02. The van der Waals surface area contributed by atoms with Crippen molar-refractivity contribution in [3.05, 3.63) is 59.2 Å². The Morgan fingerprint density at radius 3 is 2.59 bits per heavy atom. The number of anilines is 1. The number of ether oxygens (including phenoxy) is 1. The number of para-hydroxylation sites is 1. The van der Waals surface area contributed by atoms with Crippen LogP contribution in [-0.4, -0.2) is 12.6 Å². The second kappa shape index (κ2) is 7.00. The molecule has 3 rings (SSSR count). The highest BCUT2D eigenvalue weighted by molar-refractivity contribution is 14.0. The van der Waals surface area contributed by atoms with Crippen LogP contribution in [0.5, 0.6) is 5.75 Å². The van der Waals surface area contributed by atoms with Gasteiger partial charge in [0.05, 0.1) is 0 Å². The minimum atomic E-state index is -0.0420. The number of guanidine groups is 1. The lowest BCUT2D eigenvalue weighted by molar-refractivity contribution is 0.334. The Hall–Kier alpha value is -1.76. The van der Waals surface area contributed by atoms with Crippen molar-refractivity contribution in [1.29, 1.82) is 0 Å². The summed E-state index contributed by atoms with van der Waals surface area (Å²) in [5.41, 5.74) is 10.5. The average molecular weight is 409 g/mol. The number of nitrogens with two attached hydrogens (primary N) is 1. The molecule has 1 aliphatic rings. The Kier molecular flexibility index (Phi) is 5.28. The smallest absolute Gasteiger partial charge is 0.193 e. The molecule has 0 saturated carbocycles. The summed E-state index contributed by atoms with van der Waals surface area (Å²) in [4.78, 5) is 4.53. The number of rotatable bonds is 2. The van der Waals surface area contributed by atoms with Gasteiger partial charge in [0.1, 0.15) is 18.4 Å². The molecule has 1 unspecified atom stereocenters. The van der Waals surface area contributed by atoms with Crippen LogP contribution in [0, 0.1) is 13.8 Å². The molecule has 3 N–H and O–H groups in total. The van der Waals surface area contributed by atoms with Crippen molar-refractivity contribution in [3.63, 3.8) is 0 Å². The molecule has 116 valence electrons. The maximum Gasteiger partial charge on any atom is 0.193 e. The molecule has 0 amide bonds. The van der Waals surface area contributed by atoms with Crippen LogP contribution in [0.3, 0.4) is 0 Å². The fourth-order valence-electron chi connectivity index (χ4n) is 2.65.